The molecule has 232 valence electrons. The molecule has 6 rings (SSSR count). The molecule has 3 aromatic heterocycles. The first-order chi connectivity index (χ1) is 21.0. The summed E-state index contributed by atoms with van der Waals surface area (Å²) in [6.07, 6.45) is 4.37. The van der Waals surface area contributed by atoms with Crippen molar-refractivity contribution < 1.29 is 26.4 Å². The number of amides is 2. The highest BCUT2D eigenvalue weighted by atomic mass is 32.2. The lowest BCUT2D eigenvalue weighted by Gasteiger charge is -2.35. The fraction of sp³-hybridized carbons (Fsp3) is 0.400. The number of likely N-dealkylation sites (tertiary alicyclic amines) is 1. The molecule has 0 bridgehead atoms. The van der Waals surface area contributed by atoms with E-state index >= 15 is 4.39 Å². The maximum absolute atomic E-state index is 15.0. The maximum atomic E-state index is 15.0. The number of anilines is 1. The van der Waals surface area contributed by atoms with E-state index in [9.17, 15) is 22.0 Å². The van der Waals surface area contributed by atoms with Crippen LogP contribution in [0.25, 0.3) is 22.4 Å². The first kappa shape index (κ1) is 29.9. The van der Waals surface area contributed by atoms with Crippen LogP contribution in [0, 0.1) is 24.5 Å². The number of carbonyl (C=O) groups is 1. The molecule has 4 atom stereocenters. The van der Waals surface area contributed by atoms with Gasteiger partial charge in [-0.2, -0.15) is 0 Å². The number of benzene rings is 1. The van der Waals surface area contributed by atoms with E-state index in [-0.39, 0.29) is 63.7 Å². The van der Waals surface area contributed by atoms with Crippen LogP contribution in [-0.4, -0.2) is 69.6 Å². The Bertz CT molecular complexity index is 1820. The highest BCUT2D eigenvalue weighted by Gasteiger charge is 2.32. The fourth-order valence-electron chi connectivity index (χ4n) is 6.04. The van der Waals surface area contributed by atoms with Gasteiger partial charge in [-0.3, -0.25) is 0 Å². The number of aryl methyl sites for hydroxylation is 1. The molecule has 4 unspecified atom stereocenters. The summed E-state index contributed by atoms with van der Waals surface area (Å²) in [4.78, 5) is 26.7. The summed E-state index contributed by atoms with van der Waals surface area (Å²) in [5.74, 6) is -1.34. The van der Waals surface area contributed by atoms with Gasteiger partial charge in [-0.05, 0) is 56.7 Å². The Kier molecular flexibility index (Phi) is 7.95. The molecule has 0 spiro atoms. The van der Waals surface area contributed by atoms with Crippen molar-refractivity contribution in [2.75, 3.05) is 18.4 Å². The molecule has 10 nitrogen and oxygen atoms in total. The molecule has 2 aliphatic rings. The van der Waals surface area contributed by atoms with E-state index in [0.717, 1.165) is 34.4 Å². The zero-order valence-corrected chi connectivity index (χ0v) is 25.0. The van der Waals surface area contributed by atoms with E-state index in [1.807, 2.05) is 13.8 Å². The second kappa shape index (κ2) is 11.7. The summed E-state index contributed by atoms with van der Waals surface area (Å²) in [5, 5.41) is 6.26. The van der Waals surface area contributed by atoms with Gasteiger partial charge in [0.2, 0.25) is 0 Å². The van der Waals surface area contributed by atoms with Crippen LogP contribution < -0.4 is 10.6 Å². The third-order valence-corrected chi connectivity index (χ3v) is 9.83. The summed E-state index contributed by atoms with van der Waals surface area (Å²) >= 11 is 0. The van der Waals surface area contributed by atoms with Crippen molar-refractivity contribution in [2.45, 2.75) is 62.7 Å². The molecule has 4 aromatic rings. The largest absolute Gasteiger partial charge is 0.365 e. The molecule has 1 aromatic carbocycles. The number of fused-ring (bicyclic) bond motifs is 1. The van der Waals surface area contributed by atoms with Crippen LogP contribution in [0.5, 0.6) is 0 Å². The standard InChI is InChI=1S/C30H32F3N7O3S/c1-17-3-5-23(6-4-17)44(42,43)40-16-25(24-11-20(32)13-35-29(24)40)27-34-14-26(33)28(38-27)36-21-9-18(2)10-22(12-21)37-30(41)39-8-7-19(31)15-39/h3-6,11,13-14,16,18-19,21-22H,7-10,12,15H2,1-2H3,(H,37,41)(H,34,36,38). The predicted octanol–water partition coefficient (Wildman–Crippen LogP) is 5.04. The topological polar surface area (TPSA) is 122 Å². The summed E-state index contributed by atoms with van der Waals surface area (Å²) in [6, 6.07) is 6.65. The zero-order valence-electron chi connectivity index (χ0n) is 24.2. The van der Waals surface area contributed by atoms with Crippen molar-refractivity contribution in [2.24, 2.45) is 5.92 Å². The highest BCUT2D eigenvalue weighted by Crippen LogP contribution is 2.33. The summed E-state index contributed by atoms with van der Waals surface area (Å²) in [5.41, 5.74) is 1.01. The van der Waals surface area contributed by atoms with Crippen molar-refractivity contribution in [1.82, 2.24) is 29.1 Å². The molecule has 4 heterocycles. The number of nitrogens with one attached hydrogen (secondary N) is 2. The second-order valence-electron chi connectivity index (χ2n) is 11.7. The zero-order chi connectivity index (χ0) is 31.2. The fourth-order valence-corrected chi connectivity index (χ4v) is 7.36. The van der Waals surface area contributed by atoms with Gasteiger partial charge in [0.25, 0.3) is 10.0 Å². The molecule has 1 saturated heterocycles. The van der Waals surface area contributed by atoms with Crippen LogP contribution in [0.1, 0.15) is 38.2 Å². The smallest absolute Gasteiger partial charge is 0.317 e. The van der Waals surface area contributed by atoms with Crippen molar-refractivity contribution in [3.8, 4) is 11.4 Å². The molecule has 1 aliphatic heterocycles. The number of urea groups is 1. The molecule has 14 heteroatoms. The number of hydrogen-bond donors (Lipinski definition) is 2. The first-order valence-corrected chi connectivity index (χ1v) is 15.9. The van der Waals surface area contributed by atoms with Gasteiger partial charge in [-0.25, -0.2) is 45.3 Å². The Balaban J connectivity index is 1.29. The second-order valence-corrected chi connectivity index (χ2v) is 13.5. The number of rotatable bonds is 6. The van der Waals surface area contributed by atoms with Crippen LogP contribution in [0.2, 0.25) is 0 Å². The monoisotopic (exact) mass is 627 g/mol. The molecule has 0 radical (unpaired) electrons. The SMILES string of the molecule is Cc1ccc(S(=O)(=O)n2cc(-c3ncc(F)c(NC4CC(C)CC(NC(=O)N5CCC(F)C5)C4)n3)c3cc(F)cnc32)cc1. The molecule has 2 N–H and O–H groups in total. The Labute approximate surface area is 252 Å². The third-order valence-electron chi connectivity index (χ3n) is 8.17. The predicted molar refractivity (Wildman–Crippen MR) is 158 cm³/mol. The minimum atomic E-state index is -4.13. The van der Waals surface area contributed by atoms with Gasteiger partial charge in [-0.1, -0.05) is 24.6 Å². The lowest BCUT2D eigenvalue weighted by atomic mass is 9.83. The number of aromatic nitrogens is 4. The lowest BCUT2D eigenvalue weighted by Crippen LogP contribution is -2.48. The number of pyridine rings is 1. The van der Waals surface area contributed by atoms with Crippen molar-refractivity contribution in [1.29, 1.82) is 0 Å². The Morgan fingerprint density at radius 2 is 1.80 bits per heavy atom. The summed E-state index contributed by atoms with van der Waals surface area (Å²) < 4.78 is 71.1. The van der Waals surface area contributed by atoms with Crippen LogP contribution in [0.4, 0.5) is 23.8 Å². The molecule has 1 saturated carbocycles. The Hall–Kier alpha value is -4.20. The van der Waals surface area contributed by atoms with Gasteiger partial charge >= 0.3 is 6.03 Å². The number of nitrogens with zero attached hydrogens (tertiary/aromatic N) is 5. The van der Waals surface area contributed by atoms with Gasteiger partial charge in [-0.15, -0.1) is 0 Å². The van der Waals surface area contributed by atoms with Crippen molar-refractivity contribution in [3.05, 3.63) is 66.1 Å². The maximum Gasteiger partial charge on any atom is 0.317 e. The number of halogens is 3. The lowest BCUT2D eigenvalue weighted by molar-refractivity contribution is 0.191. The first-order valence-electron chi connectivity index (χ1n) is 14.5. The molecular formula is C30H32F3N7O3S. The number of hydrogen-bond acceptors (Lipinski definition) is 7. The van der Waals surface area contributed by atoms with E-state index in [1.54, 1.807) is 12.1 Å². The van der Waals surface area contributed by atoms with Crippen LogP contribution in [0.15, 0.2) is 53.8 Å². The Morgan fingerprint density at radius 1 is 1.05 bits per heavy atom. The van der Waals surface area contributed by atoms with E-state index in [0.29, 0.717) is 25.8 Å². The summed E-state index contributed by atoms with van der Waals surface area (Å²) in [7, 11) is -4.13. The Morgan fingerprint density at radius 3 is 2.52 bits per heavy atom. The highest BCUT2D eigenvalue weighted by molar-refractivity contribution is 7.90. The molecule has 1 aliphatic carbocycles. The normalized spacial score (nSPS) is 22.3. The van der Waals surface area contributed by atoms with E-state index in [2.05, 4.69) is 25.6 Å². The average molecular weight is 628 g/mol. The summed E-state index contributed by atoms with van der Waals surface area (Å²) in [6.45, 7) is 4.32. The average Bonchev–Trinajstić information content (AvgIpc) is 3.58. The third kappa shape index (κ3) is 5.94. The molecule has 2 fully saturated rings. The van der Waals surface area contributed by atoms with Gasteiger partial charge < -0.3 is 15.5 Å². The molecule has 2 amide bonds. The molecular weight excluding hydrogens is 595 g/mol. The van der Waals surface area contributed by atoms with Gasteiger partial charge in [0, 0.05) is 35.8 Å². The van der Waals surface area contributed by atoms with Crippen LogP contribution in [0.3, 0.4) is 0 Å². The van der Waals surface area contributed by atoms with Crippen LogP contribution in [-0.2, 0) is 10.0 Å². The molecule has 44 heavy (non-hydrogen) atoms. The van der Waals surface area contributed by atoms with Crippen molar-refractivity contribution in [3.63, 3.8) is 0 Å². The van der Waals surface area contributed by atoms with Gasteiger partial charge in [0.1, 0.15) is 12.0 Å². The number of alkyl halides is 1. The van der Waals surface area contributed by atoms with Gasteiger partial charge in [0.15, 0.2) is 23.1 Å². The van der Waals surface area contributed by atoms with E-state index in [4.69, 9.17) is 0 Å². The van der Waals surface area contributed by atoms with Crippen molar-refractivity contribution >= 4 is 32.9 Å². The minimum absolute atomic E-state index is 0.0161. The van der Waals surface area contributed by atoms with Gasteiger partial charge in [0.05, 0.1) is 23.8 Å². The van der Waals surface area contributed by atoms with E-state index in [1.165, 1.54) is 23.2 Å². The number of carbonyl (C=O) groups excluding carboxylic acids is 1. The minimum Gasteiger partial charge on any atom is -0.365 e. The van der Waals surface area contributed by atoms with Crippen LogP contribution >= 0.6 is 0 Å². The van der Waals surface area contributed by atoms with E-state index < -0.39 is 27.8 Å². The quantitative estimate of drug-likeness (QED) is 0.307.